The topological polar surface area (TPSA) is 52.7 Å². The smallest absolute Gasteiger partial charge is 0.151 e. The Hall–Kier alpha value is -1.88. The van der Waals surface area contributed by atoms with Crippen LogP contribution >= 0.6 is 0 Å². The fourth-order valence-corrected chi connectivity index (χ4v) is 2.43. The molecule has 100 valence electrons. The van der Waals surface area contributed by atoms with E-state index in [0.29, 0.717) is 6.04 Å². The third-order valence-electron chi connectivity index (χ3n) is 3.52. The summed E-state index contributed by atoms with van der Waals surface area (Å²) < 4.78 is 13.3. The van der Waals surface area contributed by atoms with Crippen LogP contribution in [0.3, 0.4) is 0 Å². The van der Waals surface area contributed by atoms with Crippen LogP contribution in [0.15, 0.2) is 24.3 Å². The second-order valence-corrected chi connectivity index (χ2v) is 4.92. The third kappa shape index (κ3) is 2.46. The van der Waals surface area contributed by atoms with Gasteiger partial charge in [-0.2, -0.15) is 5.10 Å². The van der Waals surface area contributed by atoms with E-state index in [2.05, 4.69) is 20.8 Å². The van der Waals surface area contributed by atoms with E-state index in [9.17, 15) is 4.39 Å². The molecule has 1 aromatic heterocycles. The van der Waals surface area contributed by atoms with Gasteiger partial charge in [0.15, 0.2) is 5.82 Å². The van der Waals surface area contributed by atoms with Crippen molar-refractivity contribution in [1.29, 1.82) is 0 Å². The Morgan fingerprint density at radius 2 is 2.32 bits per heavy atom. The summed E-state index contributed by atoms with van der Waals surface area (Å²) in [6.45, 7) is 3.99. The van der Waals surface area contributed by atoms with Gasteiger partial charge in [0, 0.05) is 23.7 Å². The van der Waals surface area contributed by atoms with E-state index >= 15 is 0 Å². The molecule has 4 nitrogen and oxygen atoms in total. The first-order valence-corrected chi connectivity index (χ1v) is 6.52. The molecule has 0 aliphatic carbocycles. The summed E-state index contributed by atoms with van der Waals surface area (Å²) in [5.74, 6) is 0.619. The average Bonchev–Trinajstić information content (AvgIpc) is 3.01. The number of nitrogens with zero attached hydrogens (tertiary/aromatic N) is 1. The van der Waals surface area contributed by atoms with Gasteiger partial charge in [-0.05, 0) is 32.0 Å². The standard InChI is InChI=1S/C14H17FN4/c1-9-13(10-3-2-4-11(15)7-10)18-19-14(9)17-12-5-6-16-8-12/h2-4,7,12,16H,5-6,8H2,1H3,(H2,17,18,19). The van der Waals surface area contributed by atoms with Crippen LogP contribution in [-0.2, 0) is 0 Å². The van der Waals surface area contributed by atoms with Crippen LogP contribution in [0.4, 0.5) is 10.2 Å². The Labute approximate surface area is 111 Å². The number of H-pyrrole nitrogens is 1. The number of aromatic nitrogens is 2. The Kier molecular flexibility index (Phi) is 3.21. The number of nitrogens with one attached hydrogen (secondary N) is 3. The van der Waals surface area contributed by atoms with Crippen molar-refractivity contribution in [3.05, 3.63) is 35.6 Å². The van der Waals surface area contributed by atoms with Gasteiger partial charge in [-0.1, -0.05) is 12.1 Å². The van der Waals surface area contributed by atoms with E-state index in [-0.39, 0.29) is 5.82 Å². The lowest BCUT2D eigenvalue weighted by Crippen LogP contribution is -2.22. The van der Waals surface area contributed by atoms with Gasteiger partial charge in [-0.15, -0.1) is 0 Å². The molecule has 2 heterocycles. The molecule has 19 heavy (non-hydrogen) atoms. The first-order chi connectivity index (χ1) is 9.24. The molecule has 1 atom stereocenters. The van der Waals surface area contributed by atoms with Crippen LogP contribution in [0.1, 0.15) is 12.0 Å². The summed E-state index contributed by atoms with van der Waals surface area (Å²) in [6, 6.07) is 6.96. The molecule has 5 heteroatoms. The zero-order chi connectivity index (χ0) is 13.2. The highest BCUT2D eigenvalue weighted by Crippen LogP contribution is 2.26. The van der Waals surface area contributed by atoms with E-state index in [1.807, 2.05) is 13.0 Å². The van der Waals surface area contributed by atoms with Crippen LogP contribution in [-0.4, -0.2) is 29.3 Å². The quantitative estimate of drug-likeness (QED) is 0.793. The van der Waals surface area contributed by atoms with Crippen molar-refractivity contribution in [2.24, 2.45) is 0 Å². The van der Waals surface area contributed by atoms with Crippen LogP contribution in [0, 0.1) is 12.7 Å². The summed E-state index contributed by atoms with van der Waals surface area (Å²) in [5.41, 5.74) is 2.72. The van der Waals surface area contributed by atoms with Gasteiger partial charge >= 0.3 is 0 Å². The molecule has 1 unspecified atom stereocenters. The second-order valence-electron chi connectivity index (χ2n) is 4.92. The van der Waals surface area contributed by atoms with Crippen LogP contribution in [0.5, 0.6) is 0 Å². The molecule has 0 amide bonds. The molecule has 1 aromatic carbocycles. The maximum absolute atomic E-state index is 13.3. The maximum atomic E-state index is 13.3. The fourth-order valence-electron chi connectivity index (χ4n) is 2.43. The van der Waals surface area contributed by atoms with Crippen LogP contribution < -0.4 is 10.6 Å². The van der Waals surface area contributed by atoms with Crippen LogP contribution in [0.2, 0.25) is 0 Å². The predicted octanol–water partition coefficient (Wildman–Crippen LogP) is 2.30. The third-order valence-corrected chi connectivity index (χ3v) is 3.52. The highest BCUT2D eigenvalue weighted by molar-refractivity contribution is 5.68. The fraction of sp³-hybridized carbons (Fsp3) is 0.357. The van der Waals surface area contributed by atoms with Crippen molar-refractivity contribution >= 4 is 5.82 Å². The number of anilines is 1. The van der Waals surface area contributed by atoms with Gasteiger partial charge in [0.25, 0.3) is 0 Å². The zero-order valence-corrected chi connectivity index (χ0v) is 10.8. The van der Waals surface area contributed by atoms with Crippen molar-refractivity contribution in [1.82, 2.24) is 15.5 Å². The number of benzene rings is 1. The van der Waals surface area contributed by atoms with Gasteiger partial charge in [0.1, 0.15) is 5.82 Å². The largest absolute Gasteiger partial charge is 0.364 e. The molecule has 0 radical (unpaired) electrons. The monoisotopic (exact) mass is 260 g/mol. The molecule has 3 rings (SSSR count). The Morgan fingerprint density at radius 3 is 3.05 bits per heavy atom. The summed E-state index contributed by atoms with van der Waals surface area (Å²) in [6.07, 6.45) is 1.10. The Morgan fingerprint density at radius 1 is 1.42 bits per heavy atom. The van der Waals surface area contributed by atoms with Gasteiger partial charge in [-0.25, -0.2) is 4.39 Å². The summed E-state index contributed by atoms with van der Waals surface area (Å²) in [5, 5.41) is 14.0. The lowest BCUT2D eigenvalue weighted by Gasteiger charge is -2.10. The molecule has 0 spiro atoms. The highest BCUT2D eigenvalue weighted by Gasteiger charge is 2.18. The van der Waals surface area contributed by atoms with Gasteiger partial charge in [0.2, 0.25) is 0 Å². The molecule has 2 aromatic rings. The molecule has 0 bridgehead atoms. The van der Waals surface area contributed by atoms with E-state index < -0.39 is 0 Å². The maximum Gasteiger partial charge on any atom is 0.151 e. The minimum absolute atomic E-state index is 0.235. The van der Waals surface area contributed by atoms with Crippen molar-refractivity contribution < 1.29 is 4.39 Å². The van der Waals surface area contributed by atoms with Crippen molar-refractivity contribution in [3.8, 4) is 11.3 Å². The van der Waals surface area contributed by atoms with Crippen molar-refractivity contribution in [2.75, 3.05) is 18.4 Å². The van der Waals surface area contributed by atoms with E-state index in [1.54, 1.807) is 6.07 Å². The molecule has 1 saturated heterocycles. The van der Waals surface area contributed by atoms with E-state index in [0.717, 1.165) is 42.1 Å². The predicted molar refractivity (Wildman–Crippen MR) is 73.6 cm³/mol. The molecular formula is C14H17FN4. The zero-order valence-electron chi connectivity index (χ0n) is 10.8. The van der Waals surface area contributed by atoms with Crippen LogP contribution in [0.25, 0.3) is 11.3 Å². The molecule has 1 aliphatic rings. The molecular weight excluding hydrogens is 243 g/mol. The average molecular weight is 260 g/mol. The Bertz CT molecular complexity index is 573. The molecule has 1 fully saturated rings. The number of hydrogen-bond acceptors (Lipinski definition) is 3. The summed E-state index contributed by atoms with van der Waals surface area (Å²) in [7, 11) is 0. The molecule has 3 N–H and O–H groups in total. The van der Waals surface area contributed by atoms with E-state index in [4.69, 9.17) is 0 Å². The molecule has 1 aliphatic heterocycles. The first kappa shape index (κ1) is 12.2. The summed E-state index contributed by atoms with van der Waals surface area (Å²) in [4.78, 5) is 0. The van der Waals surface area contributed by atoms with Gasteiger partial charge < -0.3 is 10.6 Å². The number of halogens is 1. The minimum Gasteiger partial charge on any atom is -0.364 e. The number of rotatable bonds is 3. The van der Waals surface area contributed by atoms with Crippen molar-refractivity contribution in [3.63, 3.8) is 0 Å². The normalized spacial score (nSPS) is 18.7. The number of aromatic amines is 1. The van der Waals surface area contributed by atoms with Gasteiger partial charge in [0.05, 0.1) is 5.69 Å². The second kappa shape index (κ2) is 5.01. The molecule has 0 saturated carbocycles. The first-order valence-electron chi connectivity index (χ1n) is 6.52. The highest BCUT2D eigenvalue weighted by atomic mass is 19.1. The number of hydrogen-bond donors (Lipinski definition) is 3. The SMILES string of the molecule is Cc1c(NC2CCNC2)n[nH]c1-c1cccc(F)c1. The van der Waals surface area contributed by atoms with Crippen molar-refractivity contribution in [2.45, 2.75) is 19.4 Å². The van der Waals surface area contributed by atoms with E-state index in [1.165, 1.54) is 12.1 Å². The van der Waals surface area contributed by atoms with Gasteiger partial charge in [-0.3, -0.25) is 5.10 Å². The minimum atomic E-state index is -0.235. The Balaban J connectivity index is 1.85. The lowest BCUT2D eigenvalue weighted by molar-refractivity contribution is 0.628. The lowest BCUT2D eigenvalue weighted by atomic mass is 10.1. The summed E-state index contributed by atoms with van der Waals surface area (Å²) >= 11 is 0.